The van der Waals surface area contributed by atoms with Gasteiger partial charge in [-0.05, 0) is 54.6 Å². The summed E-state index contributed by atoms with van der Waals surface area (Å²) in [7, 11) is 0. The van der Waals surface area contributed by atoms with Gasteiger partial charge in [0.15, 0.2) is 5.58 Å². The topological polar surface area (TPSA) is 31.0 Å². The van der Waals surface area contributed by atoms with Crippen LogP contribution >= 0.6 is 11.6 Å². The smallest absolute Gasteiger partial charge is 0.227 e. The number of oxazole rings is 1. The van der Waals surface area contributed by atoms with Gasteiger partial charge in [-0.2, -0.15) is 0 Å². The normalized spacial score (nSPS) is 11.1. The molecule has 4 heteroatoms. The van der Waals surface area contributed by atoms with Gasteiger partial charge in [0.2, 0.25) is 5.89 Å². The number of benzene rings is 2. The Morgan fingerprint density at radius 2 is 1.71 bits per heavy atom. The molecule has 4 aromatic rings. The molecule has 0 N–H and O–H groups in total. The lowest BCUT2D eigenvalue weighted by atomic mass is 10.2. The highest BCUT2D eigenvalue weighted by Gasteiger charge is 2.09. The predicted octanol–water partition coefficient (Wildman–Crippen LogP) is 4.94. The van der Waals surface area contributed by atoms with Gasteiger partial charge in [0.1, 0.15) is 5.52 Å². The molecule has 0 bridgehead atoms. The van der Waals surface area contributed by atoms with Crippen molar-refractivity contribution in [2.45, 2.75) is 0 Å². The van der Waals surface area contributed by atoms with E-state index >= 15 is 0 Å². The largest absolute Gasteiger partial charge is 0.436 e. The Morgan fingerprint density at radius 3 is 2.48 bits per heavy atom. The molecule has 2 aromatic heterocycles. The first-order valence-corrected chi connectivity index (χ1v) is 6.97. The van der Waals surface area contributed by atoms with E-state index in [1.807, 2.05) is 71.6 Å². The Hall–Kier alpha value is -2.52. The van der Waals surface area contributed by atoms with Crippen molar-refractivity contribution in [3.05, 3.63) is 72.0 Å². The van der Waals surface area contributed by atoms with Crippen LogP contribution in [0.5, 0.6) is 0 Å². The fraction of sp³-hybridized carbons (Fsp3) is 0. The second kappa shape index (κ2) is 4.79. The molecule has 0 spiro atoms. The van der Waals surface area contributed by atoms with Crippen molar-refractivity contribution in [1.82, 2.24) is 9.55 Å². The van der Waals surface area contributed by atoms with Crippen LogP contribution in [0.4, 0.5) is 0 Å². The monoisotopic (exact) mass is 294 g/mol. The highest BCUT2D eigenvalue weighted by Crippen LogP contribution is 2.26. The zero-order valence-corrected chi connectivity index (χ0v) is 11.8. The summed E-state index contributed by atoms with van der Waals surface area (Å²) in [5.74, 6) is 0.603. The van der Waals surface area contributed by atoms with Gasteiger partial charge in [0.05, 0.1) is 0 Å². The van der Waals surface area contributed by atoms with E-state index < -0.39 is 0 Å². The van der Waals surface area contributed by atoms with Crippen molar-refractivity contribution < 1.29 is 4.42 Å². The zero-order chi connectivity index (χ0) is 14.2. The van der Waals surface area contributed by atoms with Crippen LogP contribution in [0.3, 0.4) is 0 Å². The first-order valence-electron chi connectivity index (χ1n) is 6.59. The molecule has 0 amide bonds. The molecule has 2 heterocycles. The van der Waals surface area contributed by atoms with Gasteiger partial charge in [-0.3, -0.25) is 0 Å². The van der Waals surface area contributed by atoms with Crippen molar-refractivity contribution in [1.29, 1.82) is 0 Å². The van der Waals surface area contributed by atoms with Crippen molar-refractivity contribution in [2.24, 2.45) is 0 Å². The van der Waals surface area contributed by atoms with Crippen LogP contribution in [-0.2, 0) is 0 Å². The second-order valence-electron chi connectivity index (χ2n) is 4.77. The van der Waals surface area contributed by atoms with Crippen LogP contribution in [-0.4, -0.2) is 9.55 Å². The first kappa shape index (κ1) is 12.2. The summed E-state index contributed by atoms with van der Waals surface area (Å²) < 4.78 is 7.84. The highest BCUT2D eigenvalue weighted by atomic mass is 35.5. The Labute approximate surface area is 126 Å². The summed E-state index contributed by atoms with van der Waals surface area (Å²) in [4.78, 5) is 4.56. The number of halogens is 1. The molecule has 4 rings (SSSR count). The maximum absolute atomic E-state index is 5.90. The van der Waals surface area contributed by atoms with Gasteiger partial charge >= 0.3 is 0 Å². The molecule has 0 radical (unpaired) electrons. The van der Waals surface area contributed by atoms with Gasteiger partial charge in [0.25, 0.3) is 0 Å². The highest BCUT2D eigenvalue weighted by molar-refractivity contribution is 6.30. The summed E-state index contributed by atoms with van der Waals surface area (Å²) in [6.45, 7) is 0. The third-order valence-electron chi connectivity index (χ3n) is 3.36. The maximum atomic E-state index is 5.90. The van der Waals surface area contributed by atoms with E-state index in [4.69, 9.17) is 16.0 Å². The van der Waals surface area contributed by atoms with E-state index in [0.717, 1.165) is 22.4 Å². The van der Waals surface area contributed by atoms with Crippen LogP contribution < -0.4 is 0 Å². The van der Waals surface area contributed by atoms with Gasteiger partial charge in [-0.25, -0.2) is 4.98 Å². The van der Waals surface area contributed by atoms with Crippen LogP contribution in [0.15, 0.2) is 71.4 Å². The third-order valence-corrected chi connectivity index (χ3v) is 3.62. The molecule has 0 aliphatic rings. The van der Waals surface area contributed by atoms with E-state index in [0.29, 0.717) is 10.9 Å². The average Bonchev–Trinajstić information content (AvgIpc) is 3.16. The Bertz CT molecular complexity index is 892. The quantitative estimate of drug-likeness (QED) is 0.524. The number of hydrogen-bond acceptors (Lipinski definition) is 2. The minimum Gasteiger partial charge on any atom is -0.436 e. The van der Waals surface area contributed by atoms with Crippen molar-refractivity contribution in [3.8, 4) is 17.1 Å². The number of aromatic nitrogens is 2. The summed E-state index contributed by atoms with van der Waals surface area (Å²) in [6, 6.07) is 17.4. The molecule has 0 aliphatic heterocycles. The molecule has 102 valence electrons. The third kappa shape index (κ3) is 2.22. The van der Waals surface area contributed by atoms with Crippen LogP contribution in [0.1, 0.15) is 0 Å². The number of rotatable bonds is 2. The van der Waals surface area contributed by atoms with Crippen LogP contribution in [0.25, 0.3) is 28.2 Å². The minimum absolute atomic E-state index is 0.603. The molecule has 0 fully saturated rings. The van der Waals surface area contributed by atoms with E-state index in [1.54, 1.807) is 0 Å². The fourth-order valence-electron chi connectivity index (χ4n) is 2.30. The summed E-state index contributed by atoms with van der Waals surface area (Å²) in [6.07, 6.45) is 4.00. The molecule has 0 atom stereocenters. The molecular weight excluding hydrogens is 284 g/mol. The number of fused-ring (bicyclic) bond motifs is 1. The van der Waals surface area contributed by atoms with Crippen LogP contribution in [0.2, 0.25) is 5.02 Å². The summed E-state index contributed by atoms with van der Waals surface area (Å²) >= 11 is 5.90. The van der Waals surface area contributed by atoms with Crippen molar-refractivity contribution in [3.63, 3.8) is 0 Å². The van der Waals surface area contributed by atoms with Crippen molar-refractivity contribution in [2.75, 3.05) is 0 Å². The SMILES string of the molecule is Clc1ccc(-c2nc3cc(-n4cccc4)ccc3o2)cc1. The lowest BCUT2D eigenvalue weighted by molar-refractivity contribution is 0.620. The summed E-state index contributed by atoms with van der Waals surface area (Å²) in [5, 5.41) is 0.699. The van der Waals surface area contributed by atoms with E-state index in [1.165, 1.54) is 0 Å². The van der Waals surface area contributed by atoms with Crippen molar-refractivity contribution >= 4 is 22.7 Å². The van der Waals surface area contributed by atoms with E-state index in [9.17, 15) is 0 Å². The average molecular weight is 295 g/mol. The van der Waals surface area contributed by atoms with Gasteiger partial charge in [-0.15, -0.1) is 0 Å². The van der Waals surface area contributed by atoms with Gasteiger partial charge in [0, 0.05) is 28.7 Å². The Balaban J connectivity index is 1.81. The molecule has 0 aliphatic carbocycles. The lowest BCUT2D eigenvalue weighted by Crippen LogP contribution is -1.88. The van der Waals surface area contributed by atoms with E-state index in [2.05, 4.69) is 4.98 Å². The molecule has 3 nitrogen and oxygen atoms in total. The maximum Gasteiger partial charge on any atom is 0.227 e. The molecule has 0 saturated carbocycles. The number of hydrogen-bond donors (Lipinski definition) is 0. The molecule has 2 aromatic carbocycles. The molecule has 0 saturated heterocycles. The van der Waals surface area contributed by atoms with E-state index in [-0.39, 0.29) is 0 Å². The fourth-order valence-corrected chi connectivity index (χ4v) is 2.42. The Morgan fingerprint density at radius 1 is 0.952 bits per heavy atom. The summed E-state index contributed by atoms with van der Waals surface area (Å²) in [5.41, 5.74) is 3.59. The Kier molecular flexibility index (Phi) is 2.79. The molecule has 21 heavy (non-hydrogen) atoms. The van der Waals surface area contributed by atoms with Gasteiger partial charge in [-0.1, -0.05) is 11.6 Å². The zero-order valence-electron chi connectivity index (χ0n) is 11.0. The standard InChI is InChI=1S/C17H11ClN2O/c18-13-5-3-12(4-6-13)17-19-15-11-14(7-8-16(15)21-17)20-9-1-2-10-20/h1-11H. The second-order valence-corrected chi connectivity index (χ2v) is 5.20. The number of nitrogens with zero attached hydrogens (tertiary/aromatic N) is 2. The molecular formula is C17H11ClN2O. The predicted molar refractivity (Wildman–Crippen MR) is 83.8 cm³/mol. The minimum atomic E-state index is 0.603. The van der Waals surface area contributed by atoms with Crippen LogP contribution in [0, 0.1) is 0 Å². The lowest BCUT2D eigenvalue weighted by Gasteiger charge is -2.00. The van der Waals surface area contributed by atoms with Gasteiger partial charge < -0.3 is 8.98 Å². The first-order chi connectivity index (χ1) is 10.3. The molecule has 0 unspecified atom stereocenters.